The Morgan fingerprint density at radius 2 is 1.59 bits per heavy atom. The Morgan fingerprint density at radius 3 is 2.22 bits per heavy atom. The first-order valence-corrected chi connectivity index (χ1v) is 20.0. The number of carbonyl (C=O) groups is 5. The zero-order valence-electron chi connectivity index (χ0n) is 29.9. The third-order valence-electron chi connectivity index (χ3n) is 8.11. The number of thioether (sulfide) groups is 1. The van der Waals surface area contributed by atoms with Gasteiger partial charge in [0.15, 0.2) is 6.10 Å². The average molecular weight is 739 g/mol. The Balaban J connectivity index is 0.00000154. The van der Waals surface area contributed by atoms with Crippen molar-refractivity contribution >= 4 is 49.2 Å². The Kier molecular flexibility index (Phi) is 23.5. The standard InChI is InChI=1S/C26H44N3O11PS.C6H15N/c1-18(30)37-15-21(40-19(2)31)16-39-41(35,36)38-14-8-10-20(32)9-4-3-7-13-27-24(33)12-6-5-11-23-25-22(17-42-23)28-26(34)29-25;1-4-7(5-2)6-3/h21-23,25H,3-17H2,1-2H3,(H,27,33)(H,35,36)(H2,28,29,34);4-6H2,1-3H3/t21?,22-,23?,25-;/m0./s1. The smallest absolute Gasteiger partial charge is 0.315 e. The first-order chi connectivity index (χ1) is 23.3. The summed E-state index contributed by atoms with van der Waals surface area (Å²) in [5, 5.41) is 9.21. The molecule has 49 heavy (non-hydrogen) atoms. The highest BCUT2D eigenvalue weighted by atomic mass is 32.2. The highest BCUT2D eigenvalue weighted by molar-refractivity contribution is 8.00. The van der Waals surface area contributed by atoms with Gasteiger partial charge in [0.25, 0.3) is 7.82 Å². The van der Waals surface area contributed by atoms with E-state index in [1.165, 1.54) is 19.6 Å². The van der Waals surface area contributed by atoms with E-state index in [0.717, 1.165) is 51.7 Å². The van der Waals surface area contributed by atoms with Crippen molar-refractivity contribution in [3.05, 3.63) is 0 Å². The molecule has 2 aliphatic heterocycles. The van der Waals surface area contributed by atoms with Crippen LogP contribution in [-0.4, -0.2) is 105 Å². The second kappa shape index (κ2) is 25.7. The Bertz CT molecular complexity index is 1060. The minimum Gasteiger partial charge on any atom is -0.756 e. The number of ether oxygens (including phenoxy) is 2. The fraction of sp³-hybridized carbons (Fsp3) is 0.844. The number of unbranched alkanes of at least 4 members (excludes halogenated alkanes) is 3. The summed E-state index contributed by atoms with van der Waals surface area (Å²) in [6.45, 7) is 12.1. The topological polar surface area (TPSA) is 203 Å². The van der Waals surface area contributed by atoms with Gasteiger partial charge < -0.3 is 44.3 Å². The summed E-state index contributed by atoms with van der Waals surface area (Å²) in [4.78, 5) is 71.1. The van der Waals surface area contributed by atoms with Gasteiger partial charge in [0.1, 0.15) is 12.4 Å². The number of ketones is 1. The number of phosphoric acid groups is 1. The van der Waals surface area contributed by atoms with Crippen LogP contribution < -0.4 is 25.7 Å². The van der Waals surface area contributed by atoms with Crippen LogP contribution in [0.3, 0.4) is 0 Å². The van der Waals surface area contributed by atoms with Crippen molar-refractivity contribution in [3.63, 3.8) is 0 Å². The van der Waals surface area contributed by atoms with Crippen molar-refractivity contribution in [2.75, 3.05) is 51.8 Å². The maximum Gasteiger partial charge on any atom is 0.315 e. The number of amides is 3. The van der Waals surface area contributed by atoms with Crippen molar-refractivity contribution in [1.29, 1.82) is 0 Å². The number of rotatable bonds is 25. The lowest BCUT2D eigenvalue weighted by atomic mass is 10.0. The molecule has 2 aliphatic rings. The molecule has 284 valence electrons. The monoisotopic (exact) mass is 738 g/mol. The molecule has 0 bridgehead atoms. The summed E-state index contributed by atoms with van der Waals surface area (Å²) in [5.41, 5.74) is 0. The average Bonchev–Trinajstić information content (AvgIpc) is 3.60. The molecule has 0 aliphatic carbocycles. The van der Waals surface area contributed by atoms with E-state index in [1.54, 1.807) is 4.90 Å². The molecule has 15 nitrogen and oxygen atoms in total. The van der Waals surface area contributed by atoms with E-state index in [4.69, 9.17) is 18.5 Å². The van der Waals surface area contributed by atoms with E-state index in [-0.39, 0.29) is 55.9 Å². The molecule has 5 atom stereocenters. The molecule has 3 amide bonds. The molecular formula is C32H59N4O11PS. The maximum atomic E-state index is 12.1. The van der Waals surface area contributed by atoms with Gasteiger partial charge in [-0.3, -0.25) is 23.7 Å². The molecule has 0 radical (unpaired) electrons. The van der Waals surface area contributed by atoms with E-state index in [0.29, 0.717) is 31.1 Å². The number of hydrogen-bond donors (Lipinski definition) is 4. The minimum atomic E-state index is -4.70. The first kappa shape index (κ1) is 44.8. The lowest BCUT2D eigenvalue weighted by Crippen LogP contribution is -3.11. The fourth-order valence-electron chi connectivity index (χ4n) is 5.31. The van der Waals surface area contributed by atoms with Crippen molar-refractivity contribution < 1.29 is 56.9 Å². The second-order valence-electron chi connectivity index (χ2n) is 12.1. The third-order valence-corrected chi connectivity index (χ3v) is 10.6. The quantitative estimate of drug-likeness (QED) is 0.0458. The van der Waals surface area contributed by atoms with Crippen LogP contribution in [0.2, 0.25) is 0 Å². The predicted molar refractivity (Wildman–Crippen MR) is 184 cm³/mol. The molecule has 0 spiro atoms. The number of nitrogens with one attached hydrogen (secondary N) is 4. The van der Waals surface area contributed by atoms with Gasteiger partial charge in [0.05, 0.1) is 44.9 Å². The van der Waals surface area contributed by atoms with Crippen LogP contribution in [-0.2, 0) is 42.3 Å². The third kappa shape index (κ3) is 21.6. The molecule has 2 fully saturated rings. The van der Waals surface area contributed by atoms with Crippen molar-refractivity contribution in [2.45, 2.75) is 122 Å². The van der Waals surface area contributed by atoms with Crippen LogP contribution >= 0.6 is 19.6 Å². The molecule has 2 saturated heterocycles. The van der Waals surface area contributed by atoms with Crippen LogP contribution in [0.15, 0.2) is 0 Å². The summed E-state index contributed by atoms with van der Waals surface area (Å²) in [7, 11) is -4.70. The molecular weight excluding hydrogens is 679 g/mol. The Morgan fingerprint density at radius 1 is 0.918 bits per heavy atom. The summed E-state index contributed by atoms with van der Waals surface area (Å²) in [6.07, 6.45) is 5.00. The van der Waals surface area contributed by atoms with Crippen LogP contribution in [0.1, 0.15) is 98.8 Å². The highest BCUT2D eigenvalue weighted by Gasteiger charge is 2.42. The first-order valence-electron chi connectivity index (χ1n) is 17.5. The number of Topliss-reactive ketones (excluding diaryl/α,β-unsaturated/α-hetero) is 1. The van der Waals surface area contributed by atoms with Crippen molar-refractivity contribution in [1.82, 2.24) is 16.0 Å². The normalized spacial score (nSPS) is 19.8. The molecule has 4 N–H and O–H groups in total. The van der Waals surface area contributed by atoms with E-state index in [9.17, 15) is 33.4 Å². The number of carbonyl (C=O) groups excluding carboxylic acids is 5. The molecule has 0 aromatic heterocycles. The summed E-state index contributed by atoms with van der Waals surface area (Å²) < 4.78 is 30.9. The molecule has 2 heterocycles. The Labute approximate surface area is 295 Å². The molecule has 17 heteroatoms. The van der Waals surface area contributed by atoms with Gasteiger partial charge in [-0.05, 0) is 52.9 Å². The lowest BCUT2D eigenvalue weighted by Gasteiger charge is -2.25. The minimum absolute atomic E-state index is 0.0136. The van der Waals surface area contributed by atoms with Crippen LogP contribution in [0.4, 0.5) is 4.79 Å². The molecule has 0 aromatic carbocycles. The summed E-state index contributed by atoms with van der Waals surface area (Å²) >= 11 is 1.87. The zero-order chi connectivity index (χ0) is 36.7. The molecule has 0 aromatic rings. The molecule has 0 saturated carbocycles. The van der Waals surface area contributed by atoms with Gasteiger partial charge in [-0.1, -0.05) is 12.8 Å². The predicted octanol–water partition coefficient (Wildman–Crippen LogP) is 1.67. The lowest BCUT2D eigenvalue weighted by molar-refractivity contribution is -0.894. The van der Waals surface area contributed by atoms with Crippen LogP contribution in [0.25, 0.3) is 0 Å². The number of fused-ring (bicyclic) bond motifs is 1. The van der Waals surface area contributed by atoms with Gasteiger partial charge in [0.2, 0.25) is 5.91 Å². The number of hydrogen-bond acceptors (Lipinski definition) is 12. The van der Waals surface area contributed by atoms with Gasteiger partial charge in [-0.15, -0.1) is 0 Å². The van der Waals surface area contributed by atoms with Crippen LogP contribution in [0.5, 0.6) is 0 Å². The summed E-state index contributed by atoms with van der Waals surface area (Å²) in [5.74, 6) is -0.385. The fourth-order valence-corrected chi connectivity index (χ4v) is 7.63. The van der Waals surface area contributed by atoms with Gasteiger partial charge in [0, 0.05) is 50.7 Å². The SMILES string of the molecule is CC(=O)OCC(COP(=O)([O-])OCCCC(=O)CCCCCNC(=O)CCCCC1SC[C@@H]2NC(=O)N[C@H]12)OC(C)=O.CC[NH+](CC)CC. The van der Waals surface area contributed by atoms with E-state index >= 15 is 0 Å². The second-order valence-corrected chi connectivity index (χ2v) is 14.8. The van der Waals surface area contributed by atoms with Crippen molar-refractivity contribution in [2.24, 2.45) is 0 Å². The number of quaternary nitrogens is 1. The van der Waals surface area contributed by atoms with Gasteiger partial charge >= 0.3 is 18.0 Å². The van der Waals surface area contributed by atoms with E-state index in [2.05, 4.69) is 36.7 Å². The molecule has 3 unspecified atom stereocenters. The van der Waals surface area contributed by atoms with Gasteiger partial charge in [-0.25, -0.2) is 4.79 Å². The van der Waals surface area contributed by atoms with Crippen molar-refractivity contribution in [3.8, 4) is 0 Å². The number of urea groups is 1. The maximum absolute atomic E-state index is 12.1. The zero-order valence-corrected chi connectivity index (χ0v) is 31.6. The number of esters is 2. The number of phosphoric ester groups is 1. The van der Waals surface area contributed by atoms with E-state index < -0.39 is 32.5 Å². The highest BCUT2D eigenvalue weighted by Crippen LogP contribution is 2.38. The molecule has 2 rings (SSSR count). The van der Waals surface area contributed by atoms with Crippen LogP contribution in [0, 0.1) is 0 Å². The van der Waals surface area contributed by atoms with E-state index in [1.807, 2.05) is 11.8 Å². The van der Waals surface area contributed by atoms with Gasteiger partial charge in [-0.2, -0.15) is 11.8 Å². The Hall–Kier alpha value is -2.23. The largest absolute Gasteiger partial charge is 0.756 e. The summed E-state index contributed by atoms with van der Waals surface area (Å²) in [6, 6.07) is 0.315.